The van der Waals surface area contributed by atoms with Crippen molar-refractivity contribution in [2.24, 2.45) is 5.73 Å². The summed E-state index contributed by atoms with van der Waals surface area (Å²) in [5.74, 6) is -2.55. The van der Waals surface area contributed by atoms with Gasteiger partial charge in [0.15, 0.2) is 11.5 Å². The number of hydrogen-bond donors (Lipinski definition) is 2. The Morgan fingerprint density at radius 2 is 1.32 bits per heavy atom. The van der Waals surface area contributed by atoms with Gasteiger partial charge in [0, 0.05) is 5.92 Å². The van der Waals surface area contributed by atoms with Gasteiger partial charge < -0.3 is 39.3 Å². The standard InChI is InChI=1S/C26H39NO11/c1-7-9-15(3)34-25(31)37-20-12-11-18(14-21(20)38-26(32)35-16(4)10-8-2)19(22(27)23(28)29)13-17(5)36-24(30)33-6/h11-12,14-17,19,22H,7-10,13,27H2,1-6H3,(H,28,29)/t15?,16?,17?,19?,22-/m0/s1. The second-order valence-corrected chi connectivity index (χ2v) is 8.93. The van der Waals surface area contributed by atoms with Crippen LogP contribution in [0.15, 0.2) is 18.2 Å². The molecule has 0 aliphatic carbocycles. The molecule has 0 radical (unpaired) electrons. The first-order chi connectivity index (χ1) is 17.9. The number of carboxylic acid groups (broad SMARTS) is 1. The molecule has 12 nitrogen and oxygen atoms in total. The Balaban J connectivity index is 3.34. The van der Waals surface area contributed by atoms with E-state index in [1.54, 1.807) is 20.8 Å². The molecule has 0 aliphatic heterocycles. The molecule has 1 rings (SSSR count). The van der Waals surface area contributed by atoms with E-state index in [-0.39, 0.29) is 17.9 Å². The van der Waals surface area contributed by atoms with Crippen LogP contribution in [-0.2, 0) is 23.7 Å². The Hall–Kier alpha value is -3.54. The summed E-state index contributed by atoms with van der Waals surface area (Å²) in [5.41, 5.74) is 6.27. The zero-order valence-electron chi connectivity index (χ0n) is 22.8. The monoisotopic (exact) mass is 541 g/mol. The summed E-state index contributed by atoms with van der Waals surface area (Å²) in [5, 5.41) is 9.57. The van der Waals surface area contributed by atoms with E-state index in [0.29, 0.717) is 18.4 Å². The highest BCUT2D eigenvalue weighted by Crippen LogP contribution is 2.35. The minimum atomic E-state index is -1.41. The van der Waals surface area contributed by atoms with Crippen LogP contribution in [0.2, 0.25) is 0 Å². The fourth-order valence-corrected chi connectivity index (χ4v) is 3.69. The molecule has 0 fully saturated rings. The first-order valence-corrected chi connectivity index (χ1v) is 12.5. The summed E-state index contributed by atoms with van der Waals surface area (Å²) in [4.78, 5) is 48.0. The van der Waals surface area contributed by atoms with Crippen LogP contribution < -0.4 is 15.2 Å². The third-order valence-electron chi connectivity index (χ3n) is 5.54. The lowest BCUT2D eigenvalue weighted by molar-refractivity contribution is -0.139. The van der Waals surface area contributed by atoms with Gasteiger partial charge in [-0.1, -0.05) is 32.8 Å². The summed E-state index contributed by atoms with van der Waals surface area (Å²) in [6.07, 6.45) is -1.78. The van der Waals surface area contributed by atoms with E-state index in [9.17, 15) is 24.3 Å². The number of carbonyl (C=O) groups is 4. The number of nitrogens with two attached hydrogens (primary N) is 1. The van der Waals surface area contributed by atoms with Gasteiger partial charge in [-0.3, -0.25) is 4.79 Å². The maximum atomic E-state index is 12.4. The lowest BCUT2D eigenvalue weighted by atomic mass is 9.87. The van der Waals surface area contributed by atoms with Crippen LogP contribution in [0, 0.1) is 0 Å². The smallest absolute Gasteiger partial charge is 0.480 e. The van der Waals surface area contributed by atoms with Crippen LogP contribution in [0.1, 0.15) is 78.2 Å². The number of ether oxygens (including phenoxy) is 6. The quantitative estimate of drug-likeness (QED) is 0.181. The maximum Gasteiger partial charge on any atom is 0.514 e. The van der Waals surface area contributed by atoms with Crippen molar-refractivity contribution in [1.29, 1.82) is 0 Å². The fraction of sp³-hybridized carbons (Fsp3) is 0.615. The largest absolute Gasteiger partial charge is 0.514 e. The van der Waals surface area contributed by atoms with Crippen molar-refractivity contribution in [2.45, 2.75) is 97.0 Å². The van der Waals surface area contributed by atoms with Crippen LogP contribution in [0.25, 0.3) is 0 Å². The Morgan fingerprint density at radius 1 is 0.816 bits per heavy atom. The van der Waals surface area contributed by atoms with Crippen molar-refractivity contribution in [3.05, 3.63) is 23.8 Å². The lowest BCUT2D eigenvalue weighted by Crippen LogP contribution is -2.38. The molecule has 214 valence electrons. The molecule has 1 aromatic carbocycles. The van der Waals surface area contributed by atoms with Crippen LogP contribution in [0.5, 0.6) is 11.5 Å². The van der Waals surface area contributed by atoms with Gasteiger partial charge in [0.1, 0.15) is 24.4 Å². The fourth-order valence-electron chi connectivity index (χ4n) is 3.69. The predicted molar refractivity (Wildman–Crippen MR) is 135 cm³/mol. The molecule has 0 amide bonds. The Kier molecular flexibility index (Phi) is 14.0. The van der Waals surface area contributed by atoms with Gasteiger partial charge in [0.05, 0.1) is 7.11 Å². The number of hydrogen-bond acceptors (Lipinski definition) is 11. The highest BCUT2D eigenvalue weighted by atomic mass is 16.8. The lowest BCUT2D eigenvalue weighted by Gasteiger charge is -2.25. The van der Waals surface area contributed by atoms with E-state index < -0.39 is 54.7 Å². The number of carbonyl (C=O) groups excluding carboxylic acids is 3. The molecule has 0 heterocycles. The summed E-state index contributed by atoms with van der Waals surface area (Å²) in [6.45, 7) is 8.84. The van der Waals surface area contributed by atoms with Crippen LogP contribution in [0.4, 0.5) is 14.4 Å². The molecule has 0 aromatic heterocycles. The SMILES string of the molecule is CCCC(C)OC(=O)Oc1ccc(C(CC(C)OC(=O)OC)[C@H](N)C(=O)O)cc1OC(=O)OC(C)CCC. The molecular weight excluding hydrogens is 502 g/mol. The van der Waals surface area contributed by atoms with E-state index in [0.717, 1.165) is 20.0 Å². The van der Waals surface area contributed by atoms with Crippen LogP contribution >= 0.6 is 0 Å². The summed E-state index contributed by atoms with van der Waals surface area (Å²) in [6, 6.07) is 2.71. The van der Waals surface area contributed by atoms with Gasteiger partial charge in [-0.05, 0) is 57.7 Å². The van der Waals surface area contributed by atoms with Crippen molar-refractivity contribution in [1.82, 2.24) is 0 Å². The van der Waals surface area contributed by atoms with Crippen LogP contribution in [-0.4, -0.2) is 61.0 Å². The highest BCUT2D eigenvalue weighted by Gasteiger charge is 2.30. The zero-order chi connectivity index (χ0) is 28.8. The van der Waals surface area contributed by atoms with E-state index in [1.807, 2.05) is 13.8 Å². The van der Waals surface area contributed by atoms with Crippen molar-refractivity contribution < 1.29 is 52.7 Å². The molecule has 12 heteroatoms. The Labute approximate surface area is 222 Å². The molecule has 3 N–H and O–H groups in total. The molecule has 5 atom stereocenters. The van der Waals surface area contributed by atoms with Gasteiger partial charge in [-0.2, -0.15) is 0 Å². The van der Waals surface area contributed by atoms with E-state index in [4.69, 9.17) is 29.4 Å². The zero-order valence-corrected chi connectivity index (χ0v) is 22.8. The molecule has 1 aromatic rings. The van der Waals surface area contributed by atoms with Gasteiger partial charge in [-0.15, -0.1) is 0 Å². The van der Waals surface area contributed by atoms with Gasteiger partial charge >= 0.3 is 24.4 Å². The molecule has 4 unspecified atom stereocenters. The van der Waals surface area contributed by atoms with E-state index in [2.05, 4.69) is 4.74 Å². The van der Waals surface area contributed by atoms with Crippen molar-refractivity contribution >= 4 is 24.4 Å². The van der Waals surface area contributed by atoms with E-state index >= 15 is 0 Å². The molecule has 0 saturated heterocycles. The number of aliphatic carboxylic acids is 1. The first kappa shape index (κ1) is 32.5. The minimum Gasteiger partial charge on any atom is -0.480 e. The molecule has 0 saturated carbocycles. The van der Waals surface area contributed by atoms with Gasteiger partial charge in [0.2, 0.25) is 0 Å². The van der Waals surface area contributed by atoms with Gasteiger partial charge in [0.25, 0.3) is 0 Å². The number of carboxylic acids is 1. The normalized spacial score (nSPS) is 14.7. The number of benzene rings is 1. The topological polar surface area (TPSA) is 170 Å². The minimum absolute atomic E-state index is 0.00321. The third-order valence-corrected chi connectivity index (χ3v) is 5.54. The van der Waals surface area contributed by atoms with Crippen LogP contribution in [0.3, 0.4) is 0 Å². The maximum absolute atomic E-state index is 12.4. The Morgan fingerprint density at radius 3 is 1.79 bits per heavy atom. The predicted octanol–water partition coefficient (Wildman–Crippen LogP) is 5.15. The summed E-state index contributed by atoms with van der Waals surface area (Å²) < 4.78 is 30.6. The molecule has 0 spiro atoms. The first-order valence-electron chi connectivity index (χ1n) is 12.5. The second kappa shape index (κ2) is 16.3. The molecule has 38 heavy (non-hydrogen) atoms. The second-order valence-electron chi connectivity index (χ2n) is 8.93. The summed E-state index contributed by atoms with van der Waals surface area (Å²) >= 11 is 0. The number of methoxy groups -OCH3 is 1. The number of rotatable bonds is 14. The van der Waals surface area contributed by atoms with Gasteiger partial charge in [-0.25, -0.2) is 14.4 Å². The third kappa shape index (κ3) is 11.2. The Bertz CT molecular complexity index is 936. The summed E-state index contributed by atoms with van der Waals surface area (Å²) in [7, 11) is 1.15. The average Bonchev–Trinajstić information content (AvgIpc) is 2.83. The van der Waals surface area contributed by atoms with Crippen molar-refractivity contribution in [3.63, 3.8) is 0 Å². The molecule has 0 bridgehead atoms. The average molecular weight is 542 g/mol. The molecule has 0 aliphatic rings. The van der Waals surface area contributed by atoms with Crippen molar-refractivity contribution in [2.75, 3.05) is 7.11 Å². The molecular formula is C26H39NO11. The van der Waals surface area contributed by atoms with Crippen molar-refractivity contribution in [3.8, 4) is 11.5 Å². The van der Waals surface area contributed by atoms with E-state index in [1.165, 1.54) is 18.2 Å². The highest BCUT2D eigenvalue weighted by molar-refractivity contribution is 5.75.